The average Bonchev–Trinajstić information content (AvgIpc) is 2.34. The third kappa shape index (κ3) is 5.46. The lowest BCUT2D eigenvalue weighted by atomic mass is 9.97. The standard InChI is InChI=1S/C15H24BNO4S/c1-10(2)13(14(18)21-15(3,4)5)17-22(19,20)12-8-6-11(16)7-9-12/h6-10,13,17H,16H2,1-5H3/t13-/m1/s1. The Morgan fingerprint density at radius 1 is 1.18 bits per heavy atom. The number of esters is 1. The summed E-state index contributed by atoms with van der Waals surface area (Å²) in [6.07, 6.45) is 0. The normalized spacial score (nSPS) is 13.9. The van der Waals surface area contributed by atoms with Crippen LogP contribution in [0.15, 0.2) is 29.2 Å². The van der Waals surface area contributed by atoms with Crippen molar-refractivity contribution in [2.75, 3.05) is 0 Å². The Kier molecular flexibility index (Phi) is 5.81. The van der Waals surface area contributed by atoms with Crippen molar-refractivity contribution in [3.8, 4) is 0 Å². The molecule has 0 spiro atoms. The largest absolute Gasteiger partial charge is 0.459 e. The number of rotatable bonds is 5. The summed E-state index contributed by atoms with van der Waals surface area (Å²) < 4.78 is 32.6. The molecule has 0 amide bonds. The topological polar surface area (TPSA) is 72.5 Å². The summed E-state index contributed by atoms with van der Waals surface area (Å²) in [7, 11) is -1.90. The monoisotopic (exact) mass is 325 g/mol. The molecule has 5 nitrogen and oxygen atoms in total. The van der Waals surface area contributed by atoms with Crippen molar-refractivity contribution in [2.45, 2.75) is 51.2 Å². The molecule has 22 heavy (non-hydrogen) atoms. The van der Waals surface area contributed by atoms with Gasteiger partial charge in [-0.3, -0.25) is 4.79 Å². The van der Waals surface area contributed by atoms with Crippen molar-refractivity contribution < 1.29 is 17.9 Å². The van der Waals surface area contributed by atoms with E-state index in [1.165, 1.54) is 12.1 Å². The predicted octanol–water partition coefficient (Wildman–Crippen LogP) is 0.590. The van der Waals surface area contributed by atoms with Crippen LogP contribution in [0, 0.1) is 5.92 Å². The van der Waals surface area contributed by atoms with Gasteiger partial charge in [0.1, 0.15) is 19.5 Å². The predicted molar refractivity (Wildman–Crippen MR) is 89.4 cm³/mol. The van der Waals surface area contributed by atoms with Gasteiger partial charge in [-0.2, -0.15) is 4.72 Å². The molecule has 0 aliphatic carbocycles. The lowest BCUT2D eigenvalue weighted by Gasteiger charge is -2.26. The number of sulfonamides is 1. The Balaban J connectivity index is 3.00. The number of benzene rings is 1. The first-order valence-electron chi connectivity index (χ1n) is 7.24. The highest BCUT2D eigenvalue weighted by Crippen LogP contribution is 2.15. The van der Waals surface area contributed by atoms with Crippen molar-refractivity contribution in [1.29, 1.82) is 0 Å². The summed E-state index contributed by atoms with van der Waals surface area (Å²) in [5, 5.41) is 0. The molecular weight excluding hydrogens is 301 g/mol. The first kappa shape index (κ1) is 18.7. The van der Waals surface area contributed by atoms with Crippen LogP contribution in [0.5, 0.6) is 0 Å². The summed E-state index contributed by atoms with van der Waals surface area (Å²) in [4.78, 5) is 12.3. The molecule has 0 saturated carbocycles. The molecule has 1 rings (SSSR count). The van der Waals surface area contributed by atoms with Crippen LogP contribution in [0.3, 0.4) is 0 Å². The van der Waals surface area contributed by atoms with Crippen LogP contribution in [-0.2, 0) is 19.6 Å². The Hall–Kier alpha value is -1.34. The van der Waals surface area contributed by atoms with Crippen LogP contribution in [0.2, 0.25) is 0 Å². The zero-order valence-electron chi connectivity index (χ0n) is 14.0. The molecule has 0 fully saturated rings. The van der Waals surface area contributed by atoms with E-state index in [1.54, 1.807) is 46.8 Å². The quantitative estimate of drug-likeness (QED) is 0.635. The molecule has 0 unspecified atom stereocenters. The van der Waals surface area contributed by atoms with Crippen LogP contribution in [0.4, 0.5) is 0 Å². The lowest BCUT2D eigenvalue weighted by molar-refractivity contribution is -0.158. The van der Waals surface area contributed by atoms with Gasteiger partial charge in [0.25, 0.3) is 0 Å². The minimum atomic E-state index is -3.77. The van der Waals surface area contributed by atoms with E-state index < -0.39 is 27.6 Å². The summed E-state index contributed by atoms with van der Waals surface area (Å²) in [6, 6.07) is 5.54. The van der Waals surface area contributed by atoms with Crippen molar-refractivity contribution in [1.82, 2.24) is 4.72 Å². The van der Waals surface area contributed by atoms with Gasteiger partial charge in [0.05, 0.1) is 4.90 Å². The molecular formula is C15H24BNO4S. The van der Waals surface area contributed by atoms with Gasteiger partial charge >= 0.3 is 5.97 Å². The Labute approximate surface area is 133 Å². The van der Waals surface area contributed by atoms with Crippen molar-refractivity contribution in [3.05, 3.63) is 24.3 Å². The van der Waals surface area contributed by atoms with Crippen molar-refractivity contribution in [2.24, 2.45) is 5.92 Å². The molecule has 0 radical (unpaired) electrons. The lowest BCUT2D eigenvalue weighted by Crippen LogP contribution is -2.47. The fourth-order valence-corrected chi connectivity index (χ4v) is 3.11. The number of hydrogen-bond acceptors (Lipinski definition) is 4. The summed E-state index contributed by atoms with van der Waals surface area (Å²) in [6.45, 7) is 8.78. The van der Waals surface area contributed by atoms with Gasteiger partial charge in [-0.05, 0) is 38.8 Å². The van der Waals surface area contributed by atoms with E-state index in [0.29, 0.717) is 0 Å². The Morgan fingerprint density at radius 2 is 1.68 bits per heavy atom. The maximum Gasteiger partial charge on any atom is 0.324 e. The second kappa shape index (κ2) is 6.83. The highest BCUT2D eigenvalue weighted by molar-refractivity contribution is 7.89. The molecule has 0 aliphatic heterocycles. The molecule has 0 heterocycles. The fourth-order valence-electron chi connectivity index (χ4n) is 1.77. The maximum absolute atomic E-state index is 12.4. The molecule has 0 aromatic heterocycles. The first-order valence-corrected chi connectivity index (χ1v) is 8.72. The zero-order valence-corrected chi connectivity index (χ0v) is 14.8. The Bertz CT molecular complexity index is 618. The third-order valence-corrected chi connectivity index (χ3v) is 4.40. The van der Waals surface area contributed by atoms with E-state index in [1.807, 2.05) is 7.85 Å². The number of nitrogens with one attached hydrogen (secondary N) is 1. The van der Waals surface area contributed by atoms with Crippen molar-refractivity contribution >= 4 is 29.3 Å². The van der Waals surface area contributed by atoms with Gasteiger partial charge in [0, 0.05) is 0 Å². The molecule has 1 atom stereocenters. The zero-order chi connectivity index (χ0) is 17.1. The molecule has 0 aliphatic rings. The van der Waals surface area contributed by atoms with E-state index in [2.05, 4.69) is 4.72 Å². The maximum atomic E-state index is 12.4. The second-order valence-electron chi connectivity index (χ2n) is 6.69. The first-order chi connectivity index (χ1) is 9.92. The molecule has 0 saturated heterocycles. The van der Waals surface area contributed by atoms with E-state index >= 15 is 0 Å². The number of ether oxygens (including phenoxy) is 1. The fraction of sp³-hybridized carbons (Fsp3) is 0.533. The van der Waals surface area contributed by atoms with Crippen LogP contribution in [-0.4, -0.2) is 33.9 Å². The summed E-state index contributed by atoms with van der Waals surface area (Å²) in [5.41, 5.74) is 0.297. The van der Waals surface area contributed by atoms with E-state index in [-0.39, 0.29) is 10.8 Å². The minimum Gasteiger partial charge on any atom is -0.459 e. The van der Waals surface area contributed by atoms with Gasteiger partial charge in [-0.15, -0.1) is 0 Å². The van der Waals surface area contributed by atoms with Crippen molar-refractivity contribution in [3.63, 3.8) is 0 Å². The van der Waals surface area contributed by atoms with Crippen LogP contribution >= 0.6 is 0 Å². The number of carbonyl (C=O) groups excluding carboxylic acids is 1. The van der Waals surface area contributed by atoms with Crippen LogP contribution in [0.25, 0.3) is 0 Å². The molecule has 7 heteroatoms. The van der Waals surface area contributed by atoms with Gasteiger partial charge in [0.15, 0.2) is 0 Å². The number of hydrogen-bond donors (Lipinski definition) is 1. The summed E-state index contributed by atoms with van der Waals surface area (Å²) >= 11 is 0. The van der Waals surface area contributed by atoms with Gasteiger partial charge < -0.3 is 4.74 Å². The SMILES string of the molecule is Bc1ccc(S(=O)(=O)N[C@@H](C(=O)OC(C)(C)C)C(C)C)cc1. The Morgan fingerprint density at radius 3 is 2.09 bits per heavy atom. The highest BCUT2D eigenvalue weighted by Gasteiger charge is 2.31. The van der Waals surface area contributed by atoms with E-state index in [9.17, 15) is 13.2 Å². The molecule has 1 aromatic carbocycles. The van der Waals surface area contributed by atoms with Gasteiger partial charge in [0.2, 0.25) is 10.0 Å². The third-order valence-electron chi connectivity index (χ3n) is 2.94. The molecule has 1 N–H and O–H groups in total. The molecule has 1 aromatic rings. The highest BCUT2D eigenvalue weighted by atomic mass is 32.2. The minimum absolute atomic E-state index is 0.132. The second-order valence-corrected chi connectivity index (χ2v) is 8.40. The van der Waals surface area contributed by atoms with Gasteiger partial charge in [-0.25, -0.2) is 8.42 Å². The van der Waals surface area contributed by atoms with Crippen LogP contribution < -0.4 is 10.2 Å². The van der Waals surface area contributed by atoms with Gasteiger partial charge in [-0.1, -0.05) is 31.4 Å². The summed E-state index contributed by atoms with van der Waals surface area (Å²) in [5.74, 6) is -0.798. The number of carbonyl (C=O) groups is 1. The van der Waals surface area contributed by atoms with Crippen LogP contribution in [0.1, 0.15) is 34.6 Å². The smallest absolute Gasteiger partial charge is 0.324 e. The van der Waals surface area contributed by atoms with E-state index in [4.69, 9.17) is 4.74 Å². The molecule has 122 valence electrons. The van der Waals surface area contributed by atoms with E-state index in [0.717, 1.165) is 5.46 Å². The average molecular weight is 325 g/mol. The molecule has 0 bridgehead atoms.